The summed E-state index contributed by atoms with van der Waals surface area (Å²) in [5.41, 5.74) is 1.90. The minimum atomic E-state index is -0.449. The Morgan fingerprint density at radius 3 is 2.58 bits per heavy atom. The van der Waals surface area contributed by atoms with Crippen LogP contribution in [-0.2, 0) is 4.79 Å². The van der Waals surface area contributed by atoms with Gasteiger partial charge in [-0.05, 0) is 36.8 Å². The van der Waals surface area contributed by atoms with Crippen molar-refractivity contribution in [3.63, 3.8) is 0 Å². The number of non-ortho nitro benzene ring substituents is 1. The number of nitriles is 1. The van der Waals surface area contributed by atoms with Crippen molar-refractivity contribution in [3.05, 3.63) is 64.2 Å². The van der Waals surface area contributed by atoms with Gasteiger partial charge in [0.2, 0.25) is 5.91 Å². The van der Waals surface area contributed by atoms with Crippen LogP contribution in [0.1, 0.15) is 18.4 Å². The van der Waals surface area contributed by atoms with Crippen molar-refractivity contribution in [1.29, 1.82) is 5.26 Å². The van der Waals surface area contributed by atoms with Gasteiger partial charge in [-0.2, -0.15) is 5.26 Å². The molecule has 0 aliphatic carbocycles. The first-order valence-corrected chi connectivity index (χ1v) is 7.37. The number of nitrogens with zero attached hydrogens (tertiary/aromatic N) is 2. The largest absolute Gasteiger partial charge is 0.385 e. The molecule has 0 unspecified atom stereocenters. The Balaban J connectivity index is 1.72. The summed E-state index contributed by atoms with van der Waals surface area (Å²) in [5.74, 6) is -0.129. The van der Waals surface area contributed by atoms with Crippen molar-refractivity contribution in [2.75, 3.05) is 17.2 Å². The highest BCUT2D eigenvalue weighted by atomic mass is 16.6. The van der Waals surface area contributed by atoms with Crippen molar-refractivity contribution in [2.45, 2.75) is 12.8 Å². The van der Waals surface area contributed by atoms with Crippen LogP contribution >= 0.6 is 0 Å². The summed E-state index contributed by atoms with van der Waals surface area (Å²) in [4.78, 5) is 22.0. The highest BCUT2D eigenvalue weighted by molar-refractivity contribution is 5.90. The Bertz CT molecular complexity index is 766. The first kappa shape index (κ1) is 17.0. The average molecular weight is 324 g/mol. The van der Waals surface area contributed by atoms with Crippen LogP contribution in [0.15, 0.2) is 48.5 Å². The van der Waals surface area contributed by atoms with Gasteiger partial charge in [-0.3, -0.25) is 14.9 Å². The zero-order chi connectivity index (χ0) is 17.4. The van der Waals surface area contributed by atoms with Gasteiger partial charge < -0.3 is 10.6 Å². The van der Waals surface area contributed by atoms with E-state index < -0.39 is 4.92 Å². The van der Waals surface area contributed by atoms with Gasteiger partial charge in [0.25, 0.3) is 5.69 Å². The van der Waals surface area contributed by atoms with Gasteiger partial charge in [0.15, 0.2) is 0 Å². The van der Waals surface area contributed by atoms with E-state index in [1.807, 2.05) is 6.07 Å². The minimum Gasteiger partial charge on any atom is -0.385 e. The second-order valence-corrected chi connectivity index (χ2v) is 5.08. The summed E-state index contributed by atoms with van der Waals surface area (Å²) in [6.45, 7) is 0.573. The molecular formula is C17H16N4O3. The Kier molecular flexibility index (Phi) is 5.86. The molecule has 2 aromatic rings. The minimum absolute atomic E-state index is 0.0412. The standard InChI is InChI=1S/C17H16N4O3/c18-12-13-3-1-4-15(11-13)20-17(22)5-2-10-19-14-6-8-16(9-7-14)21(23)24/h1,3-4,6-9,11,19H,2,5,10H2,(H,20,22). The number of carbonyl (C=O) groups is 1. The second kappa shape index (κ2) is 8.29. The normalized spacial score (nSPS) is 9.79. The van der Waals surface area contributed by atoms with Gasteiger partial charge >= 0.3 is 0 Å². The molecule has 24 heavy (non-hydrogen) atoms. The summed E-state index contributed by atoms with van der Waals surface area (Å²) in [5, 5.41) is 25.2. The highest BCUT2D eigenvalue weighted by Crippen LogP contribution is 2.15. The number of carbonyl (C=O) groups excluding carboxylic acids is 1. The zero-order valence-electron chi connectivity index (χ0n) is 12.9. The molecule has 7 heteroatoms. The van der Waals surface area contributed by atoms with Gasteiger partial charge in [-0.15, -0.1) is 0 Å². The van der Waals surface area contributed by atoms with Crippen LogP contribution in [0, 0.1) is 21.4 Å². The molecule has 0 atom stereocenters. The van der Waals surface area contributed by atoms with Crippen LogP contribution in [0.5, 0.6) is 0 Å². The van der Waals surface area contributed by atoms with Gasteiger partial charge in [0.1, 0.15) is 0 Å². The third-order valence-corrected chi connectivity index (χ3v) is 3.26. The number of hydrogen-bond acceptors (Lipinski definition) is 5. The van der Waals surface area contributed by atoms with Gasteiger partial charge in [0.05, 0.1) is 16.6 Å². The number of nitro benzene ring substituents is 1. The first-order chi connectivity index (χ1) is 11.6. The molecule has 0 aliphatic rings. The number of nitrogens with one attached hydrogen (secondary N) is 2. The van der Waals surface area contributed by atoms with Gasteiger partial charge in [-0.1, -0.05) is 6.07 Å². The Hall–Kier alpha value is -3.40. The molecule has 2 N–H and O–H groups in total. The molecule has 122 valence electrons. The molecule has 0 bridgehead atoms. The summed E-state index contributed by atoms with van der Waals surface area (Å²) < 4.78 is 0. The van der Waals surface area contributed by atoms with Crippen LogP contribution in [-0.4, -0.2) is 17.4 Å². The number of rotatable bonds is 7. The van der Waals surface area contributed by atoms with Crippen LogP contribution in [0.4, 0.5) is 17.1 Å². The Morgan fingerprint density at radius 2 is 1.92 bits per heavy atom. The number of benzene rings is 2. The lowest BCUT2D eigenvalue weighted by Gasteiger charge is -2.07. The van der Waals surface area contributed by atoms with Crippen molar-refractivity contribution >= 4 is 23.0 Å². The Morgan fingerprint density at radius 1 is 1.17 bits per heavy atom. The van der Waals surface area contributed by atoms with Gasteiger partial charge in [-0.25, -0.2) is 0 Å². The predicted octanol–water partition coefficient (Wildman–Crippen LogP) is 3.30. The SMILES string of the molecule is N#Cc1cccc(NC(=O)CCCNc2ccc([N+](=O)[O-])cc2)c1. The molecule has 0 aliphatic heterocycles. The van der Waals surface area contributed by atoms with E-state index in [0.717, 1.165) is 5.69 Å². The summed E-state index contributed by atoms with van der Waals surface area (Å²) in [6, 6.07) is 14.9. The molecule has 2 aromatic carbocycles. The second-order valence-electron chi connectivity index (χ2n) is 5.08. The third kappa shape index (κ3) is 5.10. The van der Waals surface area contributed by atoms with Crippen LogP contribution < -0.4 is 10.6 Å². The monoisotopic (exact) mass is 324 g/mol. The molecule has 0 aromatic heterocycles. The maximum atomic E-state index is 11.8. The molecule has 7 nitrogen and oxygen atoms in total. The van der Waals surface area contributed by atoms with E-state index in [-0.39, 0.29) is 11.6 Å². The fourth-order valence-electron chi connectivity index (χ4n) is 2.07. The molecule has 0 spiro atoms. The summed E-state index contributed by atoms with van der Waals surface area (Å²) in [7, 11) is 0. The third-order valence-electron chi connectivity index (χ3n) is 3.26. The summed E-state index contributed by atoms with van der Waals surface area (Å²) >= 11 is 0. The molecule has 0 fully saturated rings. The maximum absolute atomic E-state index is 11.8. The lowest BCUT2D eigenvalue weighted by molar-refractivity contribution is -0.384. The predicted molar refractivity (Wildman–Crippen MR) is 90.6 cm³/mol. The average Bonchev–Trinajstić information content (AvgIpc) is 2.59. The van der Waals surface area contributed by atoms with E-state index in [4.69, 9.17) is 5.26 Å². The lowest BCUT2D eigenvalue weighted by atomic mass is 10.2. The topological polar surface area (TPSA) is 108 Å². The van der Waals surface area contributed by atoms with Crippen molar-refractivity contribution in [1.82, 2.24) is 0 Å². The first-order valence-electron chi connectivity index (χ1n) is 7.37. The number of anilines is 2. The molecular weight excluding hydrogens is 308 g/mol. The van der Waals surface area contributed by atoms with Crippen LogP contribution in [0.3, 0.4) is 0 Å². The number of amides is 1. The fraction of sp³-hybridized carbons (Fsp3) is 0.176. The quantitative estimate of drug-likeness (QED) is 0.461. The maximum Gasteiger partial charge on any atom is 0.269 e. The van der Waals surface area contributed by atoms with E-state index in [1.165, 1.54) is 12.1 Å². The molecule has 2 rings (SSSR count). The smallest absolute Gasteiger partial charge is 0.269 e. The van der Waals surface area contributed by atoms with Crippen LogP contribution in [0.2, 0.25) is 0 Å². The highest BCUT2D eigenvalue weighted by Gasteiger charge is 2.05. The van der Waals surface area contributed by atoms with Gasteiger partial charge in [0, 0.05) is 36.5 Å². The summed E-state index contributed by atoms with van der Waals surface area (Å²) in [6.07, 6.45) is 0.942. The molecule has 0 heterocycles. The zero-order valence-corrected chi connectivity index (χ0v) is 12.9. The van der Waals surface area contributed by atoms with E-state index in [0.29, 0.717) is 30.6 Å². The molecule has 0 radical (unpaired) electrons. The van der Waals surface area contributed by atoms with E-state index in [9.17, 15) is 14.9 Å². The molecule has 0 saturated heterocycles. The van der Waals surface area contributed by atoms with Crippen molar-refractivity contribution in [3.8, 4) is 6.07 Å². The molecule has 0 saturated carbocycles. The number of hydrogen-bond donors (Lipinski definition) is 2. The van der Waals surface area contributed by atoms with Crippen molar-refractivity contribution < 1.29 is 9.72 Å². The Labute approximate surface area is 139 Å². The van der Waals surface area contributed by atoms with Crippen molar-refractivity contribution in [2.24, 2.45) is 0 Å². The molecule has 1 amide bonds. The lowest BCUT2D eigenvalue weighted by Crippen LogP contribution is -2.13. The fourth-order valence-corrected chi connectivity index (χ4v) is 2.07. The van der Waals surface area contributed by atoms with E-state index in [2.05, 4.69) is 10.6 Å². The number of nitro groups is 1. The van der Waals surface area contributed by atoms with Crippen LogP contribution in [0.25, 0.3) is 0 Å². The van der Waals surface area contributed by atoms with E-state index >= 15 is 0 Å². The van der Waals surface area contributed by atoms with E-state index in [1.54, 1.807) is 36.4 Å².